The maximum Gasteiger partial charge on any atom is 0.0897 e. The zero-order chi connectivity index (χ0) is 12.7. The first-order chi connectivity index (χ1) is 8.09. The summed E-state index contributed by atoms with van der Waals surface area (Å²) < 4.78 is 5.41. The second-order valence-corrected chi connectivity index (χ2v) is 5.91. The van der Waals surface area contributed by atoms with Crippen molar-refractivity contribution in [3.63, 3.8) is 0 Å². The Labute approximate surface area is 106 Å². The van der Waals surface area contributed by atoms with Gasteiger partial charge in [0.05, 0.1) is 12.7 Å². The van der Waals surface area contributed by atoms with Crippen LogP contribution in [0.1, 0.15) is 40.0 Å². The van der Waals surface area contributed by atoms with E-state index in [1.165, 1.54) is 19.3 Å². The van der Waals surface area contributed by atoms with Gasteiger partial charge in [-0.1, -0.05) is 33.6 Å². The molecule has 1 saturated carbocycles. The van der Waals surface area contributed by atoms with Gasteiger partial charge in [-0.05, 0) is 30.7 Å². The van der Waals surface area contributed by atoms with Crippen LogP contribution in [-0.4, -0.2) is 37.5 Å². The lowest BCUT2D eigenvalue weighted by Gasteiger charge is -2.18. The summed E-state index contributed by atoms with van der Waals surface area (Å²) in [7, 11) is 0. The first-order valence-electron chi connectivity index (χ1n) is 7.06. The number of aliphatic hydroxyl groups is 1. The number of hydrogen-bond acceptors (Lipinski definition) is 3. The monoisotopic (exact) mass is 243 g/mol. The van der Waals surface area contributed by atoms with E-state index >= 15 is 0 Å². The third-order valence-electron chi connectivity index (χ3n) is 3.59. The topological polar surface area (TPSA) is 41.5 Å². The summed E-state index contributed by atoms with van der Waals surface area (Å²) in [6.07, 6.45) is 3.71. The molecule has 0 spiro atoms. The zero-order valence-electron chi connectivity index (χ0n) is 11.6. The second kappa shape index (κ2) is 8.06. The zero-order valence-corrected chi connectivity index (χ0v) is 11.6. The van der Waals surface area contributed by atoms with E-state index in [0.717, 1.165) is 25.0 Å². The average molecular weight is 243 g/mol. The van der Waals surface area contributed by atoms with Crippen molar-refractivity contribution in [2.45, 2.75) is 46.1 Å². The van der Waals surface area contributed by atoms with E-state index in [-0.39, 0.29) is 6.10 Å². The maximum absolute atomic E-state index is 9.71. The highest BCUT2D eigenvalue weighted by Gasteiger charge is 2.22. The molecule has 2 N–H and O–H groups in total. The van der Waals surface area contributed by atoms with Crippen molar-refractivity contribution in [3.8, 4) is 0 Å². The van der Waals surface area contributed by atoms with Crippen molar-refractivity contribution in [2.75, 3.05) is 26.3 Å². The molecule has 0 aromatic carbocycles. The summed E-state index contributed by atoms with van der Waals surface area (Å²) in [4.78, 5) is 0. The Bertz CT molecular complexity index is 197. The minimum Gasteiger partial charge on any atom is -0.389 e. The number of aliphatic hydroxyl groups excluding tert-OH is 1. The molecule has 3 atom stereocenters. The Morgan fingerprint density at radius 1 is 1.29 bits per heavy atom. The summed E-state index contributed by atoms with van der Waals surface area (Å²) in [5.41, 5.74) is 0. The molecular formula is C14H29NO2. The lowest BCUT2D eigenvalue weighted by atomic mass is 9.98. The summed E-state index contributed by atoms with van der Waals surface area (Å²) in [6.45, 7) is 9.45. The molecule has 1 rings (SSSR count). The van der Waals surface area contributed by atoms with Crippen LogP contribution in [0.2, 0.25) is 0 Å². The summed E-state index contributed by atoms with van der Waals surface area (Å²) in [5, 5.41) is 13.1. The molecule has 0 aromatic rings. The van der Waals surface area contributed by atoms with Crippen LogP contribution in [-0.2, 0) is 4.74 Å². The van der Waals surface area contributed by atoms with Gasteiger partial charge in [-0.3, -0.25) is 0 Å². The van der Waals surface area contributed by atoms with Gasteiger partial charge >= 0.3 is 0 Å². The first kappa shape index (κ1) is 14.9. The summed E-state index contributed by atoms with van der Waals surface area (Å²) in [6, 6.07) is 0. The average Bonchev–Trinajstić information content (AvgIpc) is 2.64. The van der Waals surface area contributed by atoms with Crippen molar-refractivity contribution in [1.82, 2.24) is 5.32 Å². The highest BCUT2D eigenvalue weighted by molar-refractivity contribution is 4.76. The van der Waals surface area contributed by atoms with Crippen molar-refractivity contribution in [1.29, 1.82) is 0 Å². The van der Waals surface area contributed by atoms with Crippen molar-refractivity contribution in [2.24, 2.45) is 17.8 Å². The summed E-state index contributed by atoms with van der Waals surface area (Å²) in [5.74, 6) is 2.19. The Morgan fingerprint density at radius 2 is 2.06 bits per heavy atom. The van der Waals surface area contributed by atoms with Crippen LogP contribution < -0.4 is 5.32 Å². The molecule has 102 valence electrons. The van der Waals surface area contributed by atoms with Gasteiger partial charge in [-0.25, -0.2) is 0 Å². The molecule has 0 heterocycles. The quantitative estimate of drug-likeness (QED) is 0.685. The second-order valence-electron chi connectivity index (χ2n) is 5.91. The maximum atomic E-state index is 9.71. The van der Waals surface area contributed by atoms with Gasteiger partial charge in [-0.15, -0.1) is 0 Å². The minimum absolute atomic E-state index is 0.370. The molecule has 0 amide bonds. The van der Waals surface area contributed by atoms with Crippen molar-refractivity contribution >= 4 is 0 Å². The first-order valence-corrected chi connectivity index (χ1v) is 7.06. The van der Waals surface area contributed by atoms with Gasteiger partial charge in [0.25, 0.3) is 0 Å². The van der Waals surface area contributed by atoms with Gasteiger partial charge in [0.15, 0.2) is 0 Å². The highest BCUT2D eigenvalue weighted by atomic mass is 16.5. The molecule has 3 unspecified atom stereocenters. The van der Waals surface area contributed by atoms with E-state index in [0.29, 0.717) is 19.1 Å². The molecule has 0 aromatic heterocycles. The van der Waals surface area contributed by atoms with E-state index in [2.05, 4.69) is 26.1 Å². The Morgan fingerprint density at radius 3 is 2.65 bits per heavy atom. The SMILES string of the molecule is CC(C)COCC(O)CNCC1CCCC1C. The fourth-order valence-electron chi connectivity index (χ4n) is 2.46. The normalized spacial score (nSPS) is 26.6. The van der Waals surface area contributed by atoms with Crippen LogP contribution in [0.15, 0.2) is 0 Å². The minimum atomic E-state index is -0.370. The Hall–Kier alpha value is -0.120. The van der Waals surface area contributed by atoms with Crippen molar-refractivity contribution < 1.29 is 9.84 Å². The Kier molecular flexibility index (Phi) is 7.09. The van der Waals surface area contributed by atoms with Gasteiger partial charge in [0, 0.05) is 13.2 Å². The fraction of sp³-hybridized carbons (Fsp3) is 1.00. The smallest absolute Gasteiger partial charge is 0.0897 e. The Balaban J connectivity index is 1.98. The number of rotatable bonds is 8. The third kappa shape index (κ3) is 6.39. The molecule has 0 radical (unpaired) electrons. The van der Waals surface area contributed by atoms with Crippen molar-refractivity contribution in [3.05, 3.63) is 0 Å². The lowest BCUT2D eigenvalue weighted by Crippen LogP contribution is -2.34. The largest absolute Gasteiger partial charge is 0.389 e. The number of nitrogens with one attached hydrogen (secondary N) is 1. The molecular weight excluding hydrogens is 214 g/mol. The van der Waals surface area contributed by atoms with Gasteiger partial charge in [-0.2, -0.15) is 0 Å². The van der Waals surface area contributed by atoms with E-state index < -0.39 is 0 Å². The van der Waals surface area contributed by atoms with Crippen LogP contribution >= 0.6 is 0 Å². The van der Waals surface area contributed by atoms with Crippen LogP contribution in [0.4, 0.5) is 0 Å². The predicted molar refractivity (Wildman–Crippen MR) is 71.0 cm³/mol. The predicted octanol–water partition coefficient (Wildman–Crippen LogP) is 2.05. The van der Waals surface area contributed by atoms with E-state index in [1.54, 1.807) is 0 Å². The third-order valence-corrected chi connectivity index (χ3v) is 3.59. The van der Waals surface area contributed by atoms with Gasteiger partial charge in [0.1, 0.15) is 0 Å². The molecule has 1 fully saturated rings. The molecule has 0 aliphatic heterocycles. The van der Waals surface area contributed by atoms with Gasteiger partial charge < -0.3 is 15.2 Å². The molecule has 1 aliphatic rings. The van der Waals surface area contributed by atoms with Crippen LogP contribution in [0.3, 0.4) is 0 Å². The van der Waals surface area contributed by atoms with Crippen LogP contribution in [0.25, 0.3) is 0 Å². The van der Waals surface area contributed by atoms with Gasteiger partial charge in [0.2, 0.25) is 0 Å². The number of hydrogen-bond donors (Lipinski definition) is 2. The molecule has 17 heavy (non-hydrogen) atoms. The molecule has 3 nitrogen and oxygen atoms in total. The molecule has 1 aliphatic carbocycles. The number of ether oxygens (including phenoxy) is 1. The standard InChI is InChI=1S/C14H29NO2/c1-11(2)9-17-10-14(16)8-15-7-13-6-4-5-12(13)3/h11-16H,4-10H2,1-3H3. The van der Waals surface area contributed by atoms with Crippen LogP contribution in [0, 0.1) is 17.8 Å². The fourth-order valence-corrected chi connectivity index (χ4v) is 2.46. The lowest BCUT2D eigenvalue weighted by molar-refractivity contribution is 0.0257. The highest BCUT2D eigenvalue weighted by Crippen LogP contribution is 2.30. The summed E-state index contributed by atoms with van der Waals surface area (Å²) >= 11 is 0. The van der Waals surface area contributed by atoms with E-state index in [9.17, 15) is 5.11 Å². The molecule has 0 bridgehead atoms. The van der Waals surface area contributed by atoms with E-state index in [4.69, 9.17) is 4.74 Å². The molecule has 0 saturated heterocycles. The van der Waals surface area contributed by atoms with E-state index in [1.807, 2.05) is 0 Å². The van der Waals surface area contributed by atoms with Crippen LogP contribution in [0.5, 0.6) is 0 Å². The molecule has 3 heteroatoms.